The largest absolute Gasteiger partial charge is 0.326 e. The molecule has 1 fully saturated rings. The van der Waals surface area contributed by atoms with Gasteiger partial charge in [0.15, 0.2) is 0 Å². The molecule has 1 heterocycles. The van der Waals surface area contributed by atoms with Crippen LogP contribution in [0.4, 0.5) is 0 Å². The average molecular weight is 316 g/mol. The molecule has 2 N–H and O–H groups in total. The highest BCUT2D eigenvalue weighted by atomic mass is 32.2. The van der Waals surface area contributed by atoms with E-state index in [0.29, 0.717) is 16.2 Å². The van der Waals surface area contributed by atoms with Crippen molar-refractivity contribution in [3.05, 3.63) is 17.0 Å². The van der Waals surface area contributed by atoms with Crippen molar-refractivity contribution in [2.75, 3.05) is 7.05 Å². The fraction of sp³-hybridized carbons (Fsp3) is 0.714. The number of nitrogens with two attached hydrogens (primary N) is 1. The normalized spacial score (nSPS) is 20.4. The fourth-order valence-electron chi connectivity index (χ4n) is 2.69. The van der Waals surface area contributed by atoms with Crippen LogP contribution < -0.4 is 5.73 Å². The lowest BCUT2D eigenvalue weighted by Gasteiger charge is -2.37. The van der Waals surface area contributed by atoms with Crippen molar-refractivity contribution in [2.24, 2.45) is 11.1 Å². The van der Waals surface area contributed by atoms with Gasteiger partial charge in [-0.1, -0.05) is 13.8 Å². The third-order valence-corrected chi connectivity index (χ3v) is 7.78. The highest BCUT2D eigenvalue weighted by Crippen LogP contribution is 2.38. The van der Waals surface area contributed by atoms with Crippen LogP contribution in [0.1, 0.15) is 44.4 Å². The van der Waals surface area contributed by atoms with Crippen LogP contribution in [-0.2, 0) is 16.6 Å². The number of rotatable bonds is 4. The number of thiophene rings is 1. The maximum absolute atomic E-state index is 12.6. The zero-order valence-electron chi connectivity index (χ0n) is 12.4. The van der Waals surface area contributed by atoms with Gasteiger partial charge in [-0.2, -0.15) is 4.31 Å². The van der Waals surface area contributed by atoms with Crippen LogP contribution >= 0.6 is 11.3 Å². The highest BCUT2D eigenvalue weighted by Gasteiger charge is 2.34. The Hall–Kier alpha value is -0.430. The van der Waals surface area contributed by atoms with Gasteiger partial charge in [0.2, 0.25) is 0 Å². The van der Waals surface area contributed by atoms with Gasteiger partial charge in [-0.3, -0.25) is 0 Å². The number of sulfonamides is 1. The van der Waals surface area contributed by atoms with Gasteiger partial charge in [-0.25, -0.2) is 8.42 Å². The molecular formula is C14H24N2O2S2. The smallest absolute Gasteiger partial charge is 0.252 e. The highest BCUT2D eigenvalue weighted by molar-refractivity contribution is 7.91. The molecule has 0 aromatic carbocycles. The molecule has 4 nitrogen and oxygen atoms in total. The van der Waals surface area contributed by atoms with Gasteiger partial charge in [-0.15, -0.1) is 11.3 Å². The van der Waals surface area contributed by atoms with Gasteiger partial charge in [0.1, 0.15) is 4.21 Å². The van der Waals surface area contributed by atoms with E-state index >= 15 is 0 Å². The van der Waals surface area contributed by atoms with Gasteiger partial charge in [0.25, 0.3) is 10.0 Å². The van der Waals surface area contributed by atoms with E-state index < -0.39 is 10.0 Å². The third kappa shape index (κ3) is 3.24. The second-order valence-electron chi connectivity index (χ2n) is 6.34. The van der Waals surface area contributed by atoms with Crippen LogP contribution in [0.25, 0.3) is 0 Å². The molecule has 114 valence electrons. The first-order chi connectivity index (χ1) is 9.26. The Morgan fingerprint density at radius 2 is 1.95 bits per heavy atom. The zero-order valence-corrected chi connectivity index (χ0v) is 14.1. The van der Waals surface area contributed by atoms with Crippen molar-refractivity contribution in [3.8, 4) is 0 Å². The molecule has 1 saturated carbocycles. The van der Waals surface area contributed by atoms with E-state index in [4.69, 9.17) is 5.73 Å². The minimum Gasteiger partial charge on any atom is -0.326 e. The Morgan fingerprint density at radius 3 is 2.45 bits per heavy atom. The van der Waals surface area contributed by atoms with E-state index in [0.717, 1.165) is 30.6 Å². The summed E-state index contributed by atoms with van der Waals surface area (Å²) in [5.74, 6) is 0. The van der Waals surface area contributed by atoms with Crippen molar-refractivity contribution in [1.29, 1.82) is 0 Å². The molecular weight excluding hydrogens is 292 g/mol. The van der Waals surface area contributed by atoms with Crippen LogP contribution in [0, 0.1) is 5.41 Å². The Balaban J connectivity index is 2.13. The molecule has 0 unspecified atom stereocenters. The van der Waals surface area contributed by atoms with E-state index in [9.17, 15) is 8.42 Å². The predicted molar refractivity (Wildman–Crippen MR) is 83.2 cm³/mol. The van der Waals surface area contributed by atoms with Crippen molar-refractivity contribution in [2.45, 2.75) is 56.3 Å². The lowest BCUT2D eigenvalue weighted by molar-refractivity contribution is 0.174. The third-order valence-electron chi connectivity index (χ3n) is 4.29. The summed E-state index contributed by atoms with van der Waals surface area (Å²) >= 11 is 1.28. The first-order valence-corrected chi connectivity index (χ1v) is 9.29. The van der Waals surface area contributed by atoms with Gasteiger partial charge in [-0.05, 0) is 43.2 Å². The first kappa shape index (κ1) is 15.9. The van der Waals surface area contributed by atoms with Crippen LogP contribution in [-0.4, -0.2) is 25.8 Å². The molecule has 0 atom stereocenters. The molecule has 0 saturated heterocycles. The second-order valence-corrected chi connectivity index (χ2v) is 9.73. The SMILES string of the molecule is CN(C1CCC(C)(C)CC1)S(=O)(=O)c1ccc(CN)s1. The summed E-state index contributed by atoms with van der Waals surface area (Å²) in [5.41, 5.74) is 5.90. The molecule has 0 amide bonds. The van der Waals surface area contributed by atoms with Crippen molar-refractivity contribution in [3.63, 3.8) is 0 Å². The molecule has 1 aromatic heterocycles. The lowest BCUT2D eigenvalue weighted by Crippen LogP contribution is -2.40. The first-order valence-electron chi connectivity index (χ1n) is 7.03. The number of hydrogen-bond donors (Lipinski definition) is 1. The van der Waals surface area contributed by atoms with Crippen molar-refractivity contribution >= 4 is 21.4 Å². The Morgan fingerprint density at radius 1 is 1.35 bits per heavy atom. The Labute approximate surface area is 126 Å². The standard InChI is InChI=1S/C14H24N2O2S2/c1-14(2)8-6-11(7-9-14)16(3)20(17,18)13-5-4-12(10-15)19-13/h4-5,11H,6-10,15H2,1-3H3. The molecule has 1 aliphatic rings. The van der Waals surface area contributed by atoms with Crippen molar-refractivity contribution < 1.29 is 8.42 Å². The summed E-state index contributed by atoms with van der Waals surface area (Å²) in [4.78, 5) is 0.904. The number of hydrogen-bond acceptors (Lipinski definition) is 4. The topological polar surface area (TPSA) is 63.4 Å². The van der Waals surface area contributed by atoms with Crippen LogP contribution in [0.15, 0.2) is 16.3 Å². The minimum atomic E-state index is -3.37. The Kier molecular flexibility index (Phi) is 4.59. The summed E-state index contributed by atoms with van der Waals surface area (Å²) in [6.07, 6.45) is 4.04. The van der Waals surface area contributed by atoms with E-state index in [-0.39, 0.29) is 6.04 Å². The van der Waals surface area contributed by atoms with Crippen LogP contribution in [0.3, 0.4) is 0 Å². The minimum absolute atomic E-state index is 0.122. The zero-order chi connectivity index (χ0) is 15.0. The maximum Gasteiger partial charge on any atom is 0.252 e. The summed E-state index contributed by atoms with van der Waals surface area (Å²) in [6, 6.07) is 3.59. The molecule has 0 radical (unpaired) electrons. The monoisotopic (exact) mass is 316 g/mol. The molecule has 0 bridgehead atoms. The molecule has 1 aromatic rings. The van der Waals surface area contributed by atoms with E-state index in [1.807, 2.05) is 0 Å². The predicted octanol–water partition coefficient (Wildman–Crippen LogP) is 2.80. The summed E-state index contributed by atoms with van der Waals surface area (Å²) in [6.45, 7) is 4.90. The van der Waals surface area contributed by atoms with Crippen molar-refractivity contribution in [1.82, 2.24) is 4.31 Å². The second kappa shape index (κ2) is 5.75. The average Bonchev–Trinajstić information content (AvgIpc) is 2.87. The van der Waals surface area contributed by atoms with Gasteiger partial charge in [0, 0.05) is 24.5 Å². The quantitative estimate of drug-likeness (QED) is 0.929. The Bertz CT molecular complexity index is 553. The van der Waals surface area contributed by atoms with Crippen LogP contribution in [0.5, 0.6) is 0 Å². The lowest BCUT2D eigenvalue weighted by atomic mass is 9.76. The van der Waals surface area contributed by atoms with E-state index in [1.54, 1.807) is 23.5 Å². The van der Waals surface area contributed by atoms with E-state index in [1.165, 1.54) is 11.3 Å². The number of nitrogens with zero attached hydrogens (tertiary/aromatic N) is 1. The fourth-order valence-corrected chi connectivity index (χ4v) is 5.53. The van der Waals surface area contributed by atoms with Gasteiger partial charge in [0.05, 0.1) is 0 Å². The molecule has 0 aliphatic heterocycles. The van der Waals surface area contributed by atoms with E-state index in [2.05, 4.69) is 13.8 Å². The van der Waals surface area contributed by atoms with Gasteiger partial charge < -0.3 is 5.73 Å². The molecule has 0 spiro atoms. The van der Waals surface area contributed by atoms with Gasteiger partial charge >= 0.3 is 0 Å². The summed E-state index contributed by atoms with van der Waals surface area (Å²) < 4.78 is 27.2. The summed E-state index contributed by atoms with van der Waals surface area (Å²) in [5, 5.41) is 0. The maximum atomic E-state index is 12.6. The van der Waals surface area contributed by atoms with Crippen LogP contribution in [0.2, 0.25) is 0 Å². The molecule has 20 heavy (non-hydrogen) atoms. The molecule has 1 aliphatic carbocycles. The molecule has 6 heteroatoms. The summed E-state index contributed by atoms with van der Waals surface area (Å²) in [7, 11) is -1.66. The molecule has 2 rings (SSSR count).